The average Bonchev–Trinajstić information content (AvgIpc) is 3.10. The highest BCUT2D eigenvalue weighted by Crippen LogP contribution is 2.18. The van der Waals surface area contributed by atoms with E-state index >= 15 is 0 Å². The first-order valence-electron chi connectivity index (χ1n) is 5.84. The second-order valence-electron chi connectivity index (χ2n) is 4.50. The molecule has 4 heteroatoms. The minimum Gasteiger partial charge on any atom is -0.381 e. The number of likely N-dealkylation sites (N-methyl/N-ethyl adjacent to an activating group) is 1. The van der Waals surface area contributed by atoms with Crippen LogP contribution in [0, 0.1) is 0 Å². The van der Waals surface area contributed by atoms with Gasteiger partial charge in [0, 0.05) is 32.3 Å². The Hall–Kier alpha value is -0.610. The largest absolute Gasteiger partial charge is 0.381 e. The summed E-state index contributed by atoms with van der Waals surface area (Å²) in [5.74, 6) is 0.216. The summed E-state index contributed by atoms with van der Waals surface area (Å²) in [5, 5.41) is 3.25. The van der Waals surface area contributed by atoms with Crippen LogP contribution in [0.5, 0.6) is 0 Å². The van der Waals surface area contributed by atoms with E-state index in [0.29, 0.717) is 18.6 Å². The summed E-state index contributed by atoms with van der Waals surface area (Å²) in [5.41, 5.74) is 0. The highest BCUT2D eigenvalue weighted by Gasteiger charge is 2.25. The van der Waals surface area contributed by atoms with E-state index in [1.807, 2.05) is 11.9 Å². The lowest BCUT2D eigenvalue weighted by molar-refractivity contribution is -0.132. The predicted octanol–water partition coefficient (Wildman–Crippen LogP) is 0.376. The summed E-state index contributed by atoms with van der Waals surface area (Å²) >= 11 is 0. The van der Waals surface area contributed by atoms with Crippen molar-refractivity contribution in [2.45, 2.75) is 37.8 Å². The van der Waals surface area contributed by atoms with Gasteiger partial charge in [0.15, 0.2) is 0 Å². The molecule has 0 aromatic heterocycles. The van der Waals surface area contributed by atoms with Crippen molar-refractivity contribution in [3.63, 3.8) is 0 Å². The molecule has 1 saturated carbocycles. The van der Waals surface area contributed by atoms with Crippen LogP contribution in [-0.2, 0) is 9.53 Å². The van der Waals surface area contributed by atoms with Crippen LogP contribution in [-0.4, -0.2) is 49.7 Å². The van der Waals surface area contributed by atoms with Crippen molar-refractivity contribution in [2.24, 2.45) is 0 Å². The van der Waals surface area contributed by atoms with Gasteiger partial charge in [0.1, 0.15) is 0 Å². The van der Waals surface area contributed by atoms with Gasteiger partial charge in [-0.2, -0.15) is 0 Å². The van der Waals surface area contributed by atoms with Gasteiger partial charge in [-0.1, -0.05) is 0 Å². The third-order valence-electron chi connectivity index (χ3n) is 3.25. The number of carbonyl (C=O) groups excluding carboxylic acids is 1. The minimum absolute atomic E-state index is 0.216. The van der Waals surface area contributed by atoms with E-state index in [0.717, 1.165) is 26.1 Å². The summed E-state index contributed by atoms with van der Waals surface area (Å²) in [7, 11) is 1.91. The lowest BCUT2D eigenvalue weighted by atomic mass is 10.1. The van der Waals surface area contributed by atoms with Crippen molar-refractivity contribution in [2.75, 3.05) is 26.8 Å². The Morgan fingerprint density at radius 2 is 2.00 bits per heavy atom. The second kappa shape index (κ2) is 4.94. The molecule has 1 aliphatic carbocycles. The van der Waals surface area contributed by atoms with Gasteiger partial charge in [0.25, 0.3) is 0 Å². The van der Waals surface area contributed by atoms with Crippen LogP contribution in [0.4, 0.5) is 0 Å². The Bertz CT molecular complexity index is 223. The number of rotatable bonds is 4. The molecule has 0 unspecified atom stereocenters. The predicted molar refractivity (Wildman–Crippen MR) is 57.6 cm³/mol. The van der Waals surface area contributed by atoms with Crippen molar-refractivity contribution >= 4 is 5.91 Å². The average molecular weight is 212 g/mol. The zero-order valence-corrected chi connectivity index (χ0v) is 9.37. The van der Waals surface area contributed by atoms with Gasteiger partial charge in [-0.15, -0.1) is 0 Å². The third kappa shape index (κ3) is 3.18. The lowest BCUT2D eigenvalue weighted by Gasteiger charge is -2.31. The highest BCUT2D eigenvalue weighted by molar-refractivity contribution is 5.78. The van der Waals surface area contributed by atoms with Crippen LogP contribution >= 0.6 is 0 Å². The topological polar surface area (TPSA) is 41.6 Å². The molecule has 1 heterocycles. The molecule has 1 amide bonds. The van der Waals surface area contributed by atoms with Crippen LogP contribution in [0.2, 0.25) is 0 Å². The van der Waals surface area contributed by atoms with Crippen molar-refractivity contribution in [1.82, 2.24) is 10.2 Å². The molecule has 1 N–H and O–H groups in total. The molecule has 2 fully saturated rings. The molecule has 0 radical (unpaired) electrons. The number of amides is 1. The van der Waals surface area contributed by atoms with Crippen molar-refractivity contribution < 1.29 is 9.53 Å². The van der Waals surface area contributed by atoms with Crippen LogP contribution in [0.1, 0.15) is 25.7 Å². The van der Waals surface area contributed by atoms with Crippen LogP contribution in [0.15, 0.2) is 0 Å². The number of ether oxygens (including phenoxy) is 1. The maximum Gasteiger partial charge on any atom is 0.236 e. The van der Waals surface area contributed by atoms with Gasteiger partial charge >= 0.3 is 0 Å². The Kier molecular flexibility index (Phi) is 3.59. The molecule has 0 aromatic carbocycles. The normalized spacial score (nSPS) is 22.7. The zero-order valence-electron chi connectivity index (χ0n) is 9.37. The fourth-order valence-corrected chi connectivity index (χ4v) is 1.92. The van der Waals surface area contributed by atoms with Gasteiger partial charge in [-0.05, 0) is 25.7 Å². The third-order valence-corrected chi connectivity index (χ3v) is 3.25. The van der Waals surface area contributed by atoms with Gasteiger partial charge < -0.3 is 15.0 Å². The smallest absolute Gasteiger partial charge is 0.236 e. The molecule has 0 atom stereocenters. The van der Waals surface area contributed by atoms with Crippen LogP contribution in [0.3, 0.4) is 0 Å². The SMILES string of the molecule is CN(C(=O)CNC1CC1)C1CCOCC1. The standard InChI is InChI=1S/C11H20N2O2/c1-13(10-4-6-15-7-5-10)11(14)8-12-9-2-3-9/h9-10,12H,2-8H2,1H3. The molecule has 1 aliphatic heterocycles. The van der Waals surface area contributed by atoms with Gasteiger partial charge in [0.2, 0.25) is 5.91 Å². The van der Waals surface area contributed by atoms with E-state index in [2.05, 4.69) is 5.32 Å². The molecule has 15 heavy (non-hydrogen) atoms. The van der Waals surface area contributed by atoms with Crippen molar-refractivity contribution in [3.05, 3.63) is 0 Å². The number of nitrogens with one attached hydrogen (secondary N) is 1. The molecule has 2 rings (SSSR count). The molecule has 2 aliphatic rings. The highest BCUT2D eigenvalue weighted by atomic mass is 16.5. The van der Waals surface area contributed by atoms with Crippen molar-refractivity contribution in [3.8, 4) is 0 Å². The second-order valence-corrected chi connectivity index (χ2v) is 4.50. The van der Waals surface area contributed by atoms with Gasteiger partial charge in [0.05, 0.1) is 6.54 Å². The molecule has 0 aromatic rings. The Morgan fingerprint density at radius 3 is 2.60 bits per heavy atom. The summed E-state index contributed by atoms with van der Waals surface area (Å²) in [6, 6.07) is 0.990. The van der Waals surface area contributed by atoms with Crippen LogP contribution < -0.4 is 5.32 Å². The number of hydrogen-bond donors (Lipinski definition) is 1. The summed E-state index contributed by atoms with van der Waals surface area (Å²) in [4.78, 5) is 13.7. The lowest BCUT2D eigenvalue weighted by Crippen LogP contribution is -2.44. The maximum absolute atomic E-state index is 11.8. The summed E-state index contributed by atoms with van der Waals surface area (Å²) < 4.78 is 5.28. The molecule has 0 spiro atoms. The number of hydrogen-bond acceptors (Lipinski definition) is 3. The molecule has 0 bridgehead atoms. The first kappa shape index (κ1) is 10.9. The molecule has 1 saturated heterocycles. The van der Waals surface area contributed by atoms with E-state index in [-0.39, 0.29) is 5.91 Å². The van der Waals surface area contributed by atoms with E-state index < -0.39 is 0 Å². The molecular weight excluding hydrogens is 192 g/mol. The van der Waals surface area contributed by atoms with Gasteiger partial charge in [-0.25, -0.2) is 0 Å². The zero-order chi connectivity index (χ0) is 10.7. The summed E-state index contributed by atoms with van der Waals surface area (Å²) in [6.45, 7) is 2.08. The maximum atomic E-state index is 11.8. The van der Waals surface area contributed by atoms with E-state index in [1.165, 1.54) is 12.8 Å². The Labute approximate surface area is 91.0 Å². The summed E-state index contributed by atoms with van der Waals surface area (Å²) in [6.07, 6.45) is 4.42. The molecule has 86 valence electrons. The van der Waals surface area contributed by atoms with Crippen molar-refractivity contribution in [1.29, 1.82) is 0 Å². The van der Waals surface area contributed by atoms with Crippen LogP contribution in [0.25, 0.3) is 0 Å². The van der Waals surface area contributed by atoms with E-state index in [4.69, 9.17) is 4.74 Å². The Morgan fingerprint density at radius 1 is 1.33 bits per heavy atom. The fraction of sp³-hybridized carbons (Fsp3) is 0.909. The number of carbonyl (C=O) groups is 1. The minimum atomic E-state index is 0.216. The monoisotopic (exact) mass is 212 g/mol. The van der Waals surface area contributed by atoms with Gasteiger partial charge in [-0.3, -0.25) is 4.79 Å². The number of nitrogens with zero attached hydrogens (tertiary/aromatic N) is 1. The first-order chi connectivity index (χ1) is 7.27. The van der Waals surface area contributed by atoms with E-state index in [1.54, 1.807) is 0 Å². The molecule has 4 nitrogen and oxygen atoms in total. The first-order valence-corrected chi connectivity index (χ1v) is 5.84. The molecular formula is C11H20N2O2. The fourth-order valence-electron chi connectivity index (χ4n) is 1.92. The Balaban J connectivity index is 1.71. The quantitative estimate of drug-likeness (QED) is 0.732. The van der Waals surface area contributed by atoms with E-state index in [9.17, 15) is 4.79 Å².